The van der Waals surface area contributed by atoms with Crippen LogP contribution >= 0.6 is 24.0 Å². The Hall–Kier alpha value is -0.400. The van der Waals surface area contributed by atoms with Crippen LogP contribution in [0.1, 0.15) is 13.8 Å². The first-order valence-electron chi connectivity index (χ1n) is 5.71. The van der Waals surface area contributed by atoms with E-state index in [2.05, 4.69) is 0 Å². The van der Waals surface area contributed by atoms with Crippen LogP contribution < -0.4 is 5.73 Å². The average Bonchev–Trinajstić information content (AvgIpc) is 2.31. The van der Waals surface area contributed by atoms with Gasteiger partial charge in [-0.15, -0.1) is 12.4 Å². The van der Waals surface area contributed by atoms with Gasteiger partial charge in [0.25, 0.3) is 0 Å². The van der Waals surface area contributed by atoms with E-state index in [1.807, 2.05) is 13.8 Å². The van der Waals surface area contributed by atoms with Crippen molar-refractivity contribution in [2.24, 2.45) is 11.1 Å². The number of hydrogen-bond donors (Lipinski definition) is 1. The van der Waals surface area contributed by atoms with Crippen LogP contribution in [-0.2, 0) is 10.0 Å². The van der Waals surface area contributed by atoms with Crippen molar-refractivity contribution in [2.75, 3.05) is 20.1 Å². The van der Waals surface area contributed by atoms with Crippen molar-refractivity contribution in [1.82, 2.24) is 4.31 Å². The standard InChI is InChI=1S/C12H18ClFN2O2S.ClH/c1-12(2,7-15)8-16(3)19(17,18)11-6-9(14)4-5-10(11)13;/h4-6H,7-8,15H2,1-3H3;1H. The molecule has 116 valence electrons. The van der Waals surface area contributed by atoms with Gasteiger partial charge >= 0.3 is 0 Å². The first kappa shape index (κ1) is 19.6. The third-order valence-corrected chi connectivity index (χ3v) is 5.07. The van der Waals surface area contributed by atoms with Crippen molar-refractivity contribution >= 4 is 34.0 Å². The summed E-state index contributed by atoms with van der Waals surface area (Å²) in [5.74, 6) is -0.644. The van der Waals surface area contributed by atoms with E-state index in [0.29, 0.717) is 6.54 Å². The molecule has 0 unspecified atom stereocenters. The van der Waals surface area contributed by atoms with Crippen LogP contribution in [0, 0.1) is 11.2 Å². The fourth-order valence-corrected chi connectivity index (χ4v) is 3.44. The van der Waals surface area contributed by atoms with Gasteiger partial charge in [0.1, 0.15) is 10.7 Å². The van der Waals surface area contributed by atoms with Crippen molar-refractivity contribution < 1.29 is 12.8 Å². The molecule has 0 atom stereocenters. The Morgan fingerprint density at radius 1 is 1.40 bits per heavy atom. The molecule has 0 aliphatic carbocycles. The molecule has 8 heteroatoms. The van der Waals surface area contributed by atoms with Gasteiger partial charge in [0.2, 0.25) is 10.0 Å². The highest BCUT2D eigenvalue weighted by atomic mass is 35.5. The van der Waals surface area contributed by atoms with Gasteiger partial charge in [0, 0.05) is 13.6 Å². The molecule has 0 aliphatic rings. The molecule has 0 aliphatic heterocycles. The van der Waals surface area contributed by atoms with E-state index < -0.39 is 15.8 Å². The molecular weight excluding hydrogens is 326 g/mol. The maximum absolute atomic E-state index is 13.2. The van der Waals surface area contributed by atoms with Crippen LogP contribution in [-0.4, -0.2) is 32.9 Å². The molecule has 0 spiro atoms. The van der Waals surface area contributed by atoms with Crippen LogP contribution in [0.5, 0.6) is 0 Å². The maximum Gasteiger partial charge on any atom is 0.244 e. The molecule has 0 amide bonds. The molecule has 20 heavy (non-hydrogen) atoms. The average molecular weight is 345 g/mol. The van der Waals surface area contributed by atoms with Crippen LogP contribution in [0.4, 0.5) is 4.39 Å². The predicted molar refractivity (Wildman–Crippen MR) is 81.3 cm³/mol. The summed E-state index contributed by atoms with van der Waals surface area (Å²) in [6.07, 6.45) is 0. The molecule has 2 N–H and O–H groups in total. The monoisotopic (exact) mass is 344 g/mol. The highest BCUT2D eigenvalue weighted by Gasteiger charge is 2.29. The number of nitrogens with zero attached hydrogens (tertiary/aromatic N) is 1. The Kier molecular flexibility index (Phi) is 6.90. The third-order valence-electron chi connectivity index (χ3n) is 2.78. The van der Waals surface area contributed by atoms with E-state index in [1.165, 1.54) is 13.1 Å². The lowest BCUT2D eigenvalue weighted by Gasteiger charge is -2.28. The largest absolute Gasteiger partial charge is 0.330 e. The molecule has 1 aromatic rings. The summed E-state index contributed by atoms with van der Waals surface area (Å²) < 4.78 is 39.0. The van der Waals surface area contributed by atoms with Crippen molar-refractivity contribution in [3.63, 3.8) is 0 Å². The molecule has 1 rings (SSSR count). The van der Waals surface area contributed by atoms with Crippen LogP contribution in [0.2, 0.25) is 5.02 Å². The van der Waals surface area contributed by atoms with Gasteiger partial charge in [0.15, 0.2) is 0 Å². The second-order valence-corrected chi connectivity index (χ2v) is 7.62. The van der Waals surface area contributed by atoms with Gasteiger partial charge in [-0.05, 0) is 30.2 Å². The van der Waals surface area contributed by atoms with E-state index in [4.69, 9.17) is 17.3 Å². The zero-order valence-electron chi connectivity index (χ0n) is 11.6. The topological polar surface area (TPSA) is 63.4 Å². The van der Waals surface area contributed by atoms with Crippen LogP contribution in [0.3, 0.4) is 0 Å². The molecule has 4 nitrogen and oxygen atoms in total. The van der Waals surface area contributed by atoms with Crippen molar-refractivity contribution in [3.8, 4) is 0 Å². The Labute approximate surface area is 130 Å². The van der Waals surface area contributed by atoms with E-state index in [9.17, 15) is 12.8 Å². The van der Waals surface area contributed by atoms with E-state index in [-0.39, 0.29) is 34.3 Å². The van der Waals surface area contributed by atoms with Gasteiger partial charge in [-0.1, -0.05) is 25.4 Å². The normalized spacial score (nSPS) is 12.3. The predicted octanol–water partition coefficient (Wildman–Crippen LogP) is 2.51. The summed E-state index contributed by atoms with van der Waals surface area (Å²) in [4.78, 5) is -0.232. The lowest BCUT2D eigenvalue weighted by atomic mass is 9.94. The van der Waals surface area contributed by atoms with Crippen molar-refractivity contribution in [1.29, 1.82) is 0 Å². The molecule has 0 bridgehead atoms. The molecule has 0 aromatic heterocycles. The summed E-state index contributed by atoms with van der Waals surface area (Å²) in [6.45, 7) is 4.26. The molecule has 0 saturated carbocycles. The molecular formula is C12H19Cl2FN2O2S. The molecule has 1 aromatic carbocycles. The highest BCUT2D eigenvalue weighted by molar-refractivity contribution is 7.89. The second kappa shape index (κ2) is 7.04. The summed E-state index contributed by atoms with van der Waals surface area (Å²) in [7, 11) is -2.41. The zero-order chi connectivity index (χ0) is 14.8. The van der Waals surface area contributed by atoms with Gasteiger partial charge < -0.3 is 5.73 Å². The third kappa shape index (κ3) is 4.56. The number of halogens is 3. The van der Waals surface area contributed by atoms with Crippen molar-refractivity contribution in [3.05, 3.63) is 29.0 Å². The number of rotatable bonds is 5. The van der Waals surface area contributed by atoms with Gasteiger partial charge in [-0.25, -0.2) is 17.1 Å². The minimum absolute atomic E-state index is 0. The first-order valence-corrected chi connectivity index (χ1v) is 7.53. The number of benzene rings is 1. The van der Waals surface area contributed by atoms with Crippen LogP contribution in [0.15, 0.2) is 23.1 Å². The number of nitrogens with two attached hydrogens (primary N) is 1. The summed E-state index contributed by atoms with van der Waals surface area (Å²) in [6, 6.07) is 3.26. The minimum atomic E-state index is -3.83. The fourth-order valence-electron chi connectivity index (χ4n) is 1.60. The van der Waals surface area contributed by atoms with Gasteiger partial charge in [-0.3, -0.25) is 0 Å². The summed E-state index contributed by atoms with van der Waals surface area (Å²) >= 11 is 5.83. The number of hydrogen-bond acceptors (Lipinski definition) is 3. The van der Waals surface area contributed by atoms with E-state index >= 15 is 0 Å². The molecule has 0 heterocycles. The first-order chi connectivity index (χ1) is 8.60. The minimum Gasteiger partial charge on any atom is -0.330 e. The van der Waals surface area contributed by atoms with Gasteiger partial charge in [0.05, 0.1) is 5.02 Å². The van der Waals surface area contributed by atoms with E-state index in [0.717, 1.165) is 16.4 Å². The quantitative estimate of drug-likeness (QED) is 0.892. The van der Waals surface area contributed by atoms with Gasteiger partial charge in [-0.2, -0.15) is 0 Å². The summed E-state index contributed by atoms with van der Waals surface area (Å²) in [5, 5.41) is -0.00111. The van der Waals surface area contributed by atoms with E-state index in [1.54, 1.807) is 0 Å². The maximum atomic E-state index is 13.2. The number of sulfonamides is 1. The molecule has 0 fully saturated rings. The highest BCUT2D eigenvalue weighted by Crippen LogP contribution is 2.26. The SMILES string of the molecule is CN(CC(C)(C)CN)S(=O)(=O)c1cc(F)ccc1Cl.Cl. The Morgan fingerprint density at radius 3 is 2.45 bits per heavy atom. The second-order valence-electron chi connectivity index (χ2n) is 5.20. The lowest BCUT2D eigenvalue weighted by molar-refractivity contribution is 0.292. The summed E-state index contributed by atoms with van der Waals surface area (Å²) in [5.41, 5.74) is 5.21. The zero-order valence-corrected chi connectivity index (χ0v) is 13.9. The Morgan fingerprint density at radius 2 is 1.95 bits per heavy atom. The lowest BCUT2D eigenvalue weighted by Crippen LogP contribution is -2.39. The molecule has 0 saturated heterocycles. The smallest absolute Gasteiger partial charge is 0.244 e. The molecule has 0 radical (unpaired) electrons. The fraction of sp³-hybridized carbons (Fsp3) is 0.500. The van der Waals surface area contributed by atoms with Crippen LogP contribution in [0.25, 0.3) is 0 Å². The Balaban J connectivity index is 0.00000361. The van der Waals surface area contributed by atoms with Crippen molar-refractivity contribution in [2.45, 2.75) is 18.7 Å². The Bertz CT molecular complexity index is 565.